The summed E-state index contributed by atoms with van der Waals surface area (Å²) in [5.74, 6) is -2.39. The summed E-state index contributed by atoms with van der Waals surface area (Å²) < 4.78 is 15.6. The number of hydrogen-bond donors (Lipinski definition) is 4. The summed E-state index contributed by atoms with van der Waals surface area (Å²) in [6.45, 7) is 1.78. The molecular weight excluding hydrogens is 484 g/mol. The first-order chi connectivity index (χ1) is 16.5. The van der Waals surface area contributed by atoms with Crippen molar-refractivity contribution in [2.75, 3.05) is 20.3 Å². The lowest BCUT2D eigenvalue weighted by Crippen LogP contribution is -2.66. The Morgan fingerprint density at radius 2 is 2.00 bits per heavy atom. The fourth-order valence-electron chi connectivity index (χ4n) is 3.46. The summed E-state index contributed by atoms with van der Waals surface area (Å²) >= 11 is 0.929. The first-order valence-electron chi connectivity index (χ1n) is 10.5. The number of thioether (sulfide) groups is 1. The van der Waals surface area contributed by atoms with Gasteiger partial charge in [-0.15, -0.1) is 0 Å². The first kappa shape index (κ1) is 28.4. The number of nitrogens with zero attached hydrogens (tertiary/aromatic N) is 3. The molecule has 192 valence electrons. The molecule has 0 saturated carbocycles. The number of aliphatic hydroxyl groups is 3. The number of amides is 1. The van der Waals surface area contributed by atoms with Crippen LogP contribution >= 0.6 is 11.8 Å². The number of nitrogens with one attached hydrogen (secondary N) is 1. The van der Waals surface area contributed by atoms with Gasteiger partial charge in [0.25, 0.3) is 5.91 Å². The Bertz CT molecular complexity index is 957. The van der Waals surface area contributed by atoms with E-state index in [1.165, 1.54) is 0 Å². The molecule has 1 amide bonds. The molecule has 1 fully saturated rings. The quantitative estimate of drug-likeness (QED) is 0.145. The number of azide groups is 1. The maximum Gasteiger partial charge on any atom is 0.349 e. The highest BCUT2D eigenvalue weighted by Crippen LogP contribution is 2.44. The number of methoxy groups -OCH3 is 1. The Hall–Kier alpha value is -2.87. The molecule has 0 unspecified atom stereocenters. The van der Waals surface area contributed by atoms with Crippen molar-refractivity contribution in [2.45, 2.75) is 60.6 Å². The Morgan fingerprint density at radius 3 is 2.57 bits per heavy atom. The molecule has 2 rings (SSSR count). The van der Waals surface area contributed by atoms with Crippen molar-refractivity contribution in [1.29, 1.82) is 0 Å². The molecule has 1 aromatic rings. The minimum atomic E-state index is -1.86. The van der Waals surface area contributed by atoms with Gasteiger partial charge in [-0.2, -0.15) is 0 Å². The van der Waals surface area contributed by atoms with Crippen molar-refractivity contribution in [3.63, 3.8) is 0 Å². The second kappa shape index (κ2) is 12.7. The molecule has 13 nitrogen and oxygen atoms in total. The van der Waals surface area contributed by atoms with Gasteiger partial charge in [-0.3, -0.25) is 9.59 Å². The van der Waals surface area contributed by atoms with Crippen LogP contribution in [0.4, 0.5) is 0 Å². The third-order valence-corrected chi connectivity index (χ3v) is 6.44. The van der Waals surface area contributed by atoms with Gasteiger partial charge < -0.3 is 34.8 Å². The lowest BCUT2D eigenvalue weighted by Gasteiger charge is -2.47. The summed E-state index contributed by atoms with van der Waals surface area (Å²) in [6.07, 6.45) is -6.84. The van der Waals surface area contributed by atoms with Crippen LogP contribution in [-0.4, -0.2) is 88.8 Å². The predicted octanol–water partition coefficient (Wildman–Crippen LogP) is 0.186. The number of hydrogen-bond acceptors (Lipinski definition) is 11. The summed E-state index contributed by atoms with van der Waals surface area (Å²) in [5.41, 5.74) is 9.50. The monoisotopic (exact) mass is 512 g/mol. The molecule has 1 aliphatic heterocycles. The van der Waals surface area contributed by atoms with Crippen molar-refractivity contribution in [3.8, 4) is 0 Å². The molecule has 1 saturated heterocycles. The van der Waals surface area contributed by atoms with Gasteiger partial charge in [0.2, 0.25) is 4.93 Å². The number of carbonyl (C=O) groups excluding carboxylic acids is 3. The van der Waals surface area contributed by atoms with E-state index in [-0.39, 0.29) is 6.42 Å². The number of ether oxygens (including phenoxy) is 3. The fourth-order valence-corrected chi connectivity index (χ4v) is 4.69. The summed E-state index contributed by atoms with van der Waals surface area (Å²) in [4.78, 5) is 37.4. The molecule has 6 atom stereocenters. The Kier molecular flexibility index (Phi) is 10.3. The van der Waals surface area contributed by atoms with Gasteiger partial charge in [0.1, 0.15) is 12.2 Å². The highest BCUT2D eigenvalue weighted by molar-refractivity contribution is 8.01. The van der Waals surface area contributed by atoms with Crippen molar-refractivity contribution in [1.82, 2.24) is 5.32 Å². The van der Waals surface area contributed by atoms with Crippen LogP contribution in [0.1, 0.15) is 18.9 Å². The largest absolute Gasteiger partial charge is 0.466 e. The molecule has 1 heterocycles. The zero-order valence-corrected chi connectivity index (χ0v) is 20.2. The molecule has 0 spiro atoms. The van der Waals surface area contributed by atoms with Crippen LogP contribution in [0.2, 0.25) is 0 Å². The molecule has 14 heteroatoms. The molecular formula is C21H28N4O9S. The molecule has 1 aliphatic rings. The standard InChI is InChI=1S/C21H28N4O9S/c1-11-4-6-13(7-5-11)35-21(20(31)32-3)8-14(27)17(24-16(29)10-33-12(2)26)19(34-21)18(30)15(28)9-23-25-22/h4-7,14-15,17-19,27-28,30H,8-10H2,1-3H3,(H,24,29)/t14-,15+,17+,18+,19+,21+/m0/s1. The summed E-state index contributed by atoms with van der Waals surface area (Å²) in [5, 5.41) is 37.7. The number of aliphatic hydroxyl groups excluding tert-OH is 3. The molecule has 4 N–H and O–H groups in total. The van der Waals surface area contributed by atoms with E-state index < -0.39 is 66.4 Å². The number of benzene rings is 1. The second-order valence-electron chi connectivity index (χ2n) is 7.86. The second-order valence-corrected chi connectivity index (χ2v) is 9.19. The average molecular weight is 513 g/mol. The minimum Gasteiger partial charge on any atom is -0.466 e. The molecule has 0 bridgehead atoms. The minimum absolute atomic E-state index is 0.355. The van der Waals surface area contributed by atoms with Crippen LogP contribution in [0.5, 0.6) is 0 Å². The van der Waals surface area contributed by atoms with E-state index in [1.54, 1.807) is 24.3 Å². The van der Waals surface area contributed by atoms with E-state index in [1.807, 2.05) is 6.92 Å². The Labute approximate surface area is 205 Å². The lowest BCUT2D eigenvalue weighted by atomic mass is 9.89. The third-order valence-electron chi connectivity index (χ3n) is 5.17. The van der Waals surface area contributed by atoms with E-state index >= 15 is 0 Å². The maximum atomic E-state index is 12.9. The molecule has 1 aromatic carbocycles. The van der Waals surface area contributed by atoms with Crippen LogP contribution in [0.25, 0.3) is 10.4 Å². The van der Waals surface area contributed by atoms with Crippen LogP contribution in [-0.2, 0) is 28.6 Å². The van der Waals surface area contributed by atoms with E-state index in [4.69, 9.17) is 15.0 Å². The van der Waals surface area contributed by atoms with Crippen molar-refractivity contribution in [2.24, 2.45) is 5.11 Å². The zero-order chi connectivity index (χ0) is 26.2. The fraction of sp³-hybridized carbons (Fsp3) is 0.571. The third kappa shape index (κ3) is 7.56. The van der Waals surface area contributed by atoms with E-state index in [2.05, 4.69) is 20.1 Å². The highest BCUT2D eigenvalue weighted by atomic mass is 32.2. The van der Waals surface area contributed by atoms with Gasteiger partial charge >= 0.3 is 11.9 Å². The van der Waals surface area contributed by atoms with Crippen LogP contribution < -0.4 is 5.32 Å². The van der Waals surface area contributed by atoms with Gasteiger partial charge in [0, 0.05) is 23.2 Å². The highest BCUT2D eigenvalue weighted by Gasteiger charge is 2.55. The van der Waals surface area contributed by atoms with Gasteiger partial charge in [0.05, 0.1) is 31.9 Å². The maximum absolute atomic E-state index is 12.9. The van der Waals surface area contributed by atoms with Crippen molar-refractivity contribution >= 4 is 29.6 Å². The Morgan fingerprint density at radius 1 is 1.34 bits per heavy atom. The van der Waals surface area contributed by atoms with Crippen LogP contribution in [0, 0.1) is 6.92 Å². The average Bonchev–Trinajstić information content (AvgIpc) is 2.83. The molecule has 0 aromatic heterocycles. The van der Waals surface area contributed by atoms with Gasteiger partial charge in [0.15, 0.2) is 6.61 Å². The smallest absolute Gasteiger partial charge is 0.349 e. The molecule has 0 aliphatic carbocycles. The molecule has 35 heavy (non-hydrogen) atoms. The zero-order valence-electron chi connectivity index (χ0n) is 19.4. The Balaban J connectivity index is 2.42. The van der Waals surface area contributed by atoms with Gasteiger partial charge in [-0.25, -0.2) is 4.79 Å². The SMILES string of the molecule is COC(=O)[C@]1(Sc2ccc(C)cc2)C[C@H](O)[C@@H](NC(=O)COC(C)=O)[C@H]([C@H](O)[C@H](O)CN=[N+]=[N-])O1. The van der Waals surface area contributed by atoms with Gasteiger partial charge in [-0.05, 0) is 24.6 Å². The van der Waals surface area contributed by atoms with Crippen LogP contribution in [0.15, 0.2) is 34.3 Å². The number of carbonyl (C=O) groups is 3. The summed E-state index contributed by atoms with van der Waals surface area (Å²) in [7, 11) is 1.13. The number of aryl methyl sites for hydroxylation is 1. The first-order valence-corrected chi connectivity index (χ1v) is 11.3. The van der Waals surface area contributed by atoms with Crippen molar-refractivity contribution in [3.05, 3.63) is 40.3 Å². The van der Waals surface area contributed by atoms with E-state index in [9.17, 15) is 29.7 Å². The number of esters is 2. The molecule has 0 radical (unpaired) electrons. The van der Waals surface area contributed by atoms with Gasteiger partial charge in [-0.1, -0.05) is 34.6 Å². The van der Waals surface area contributed by atoms with E-state index in [0.29, 0.717) is 4.90 Å². The summed E-state index contributed by atoms with van der Waals surface area (Å²) in [6, 6.07) is 5.75. The topological polar surface area (TPSA) is 200 Å². The van der Waals surface area contributed by atoms with Crippen molar-refractivity contribution < 1.29 is 43.9 Å². The number of rotatable bonds is 10. The van der Waals surface area contributed by atoms with E-state index in [0.717, 1.165) is 31.4 Å². The predicted molar refractivity (Wildman–Crippen MR) is 122 cm³/mol. The normalized spacial score (nSPS) is 25.5. The van der Waals surface area contributed by atoms with Crippen LogP contribution in [0.3, 0.4) is 0 Å². The lowest BCUT2D eigenvalue weighted by molar-refractivity contribution is -0.204.